The van der Waals surface area contributed by atoms with Crippen molar-refractivity contribution in [1.29, 1.82) is 5.26 Å². The Morgan fingerprint density at radius 2 is 1.30 bits per heavy atom. The van der Waals surface area contributed by atoms with Crippen LogP contribution in [0.15, 0.2) is 115 Å². The van der Waals surface area contributed by atoms with Gasteiger partial charge in [0.05, 0.1) is 67.3 Å². The summed E-state index contributed by atoms with van der Waals surface area (Å²) in [6, 6.07) is 42.6. The molecule has 10 nitrogen and oxygen atoms in total. The number of rotatable bonds is 26. The van der Waals surface area contributed by atoms with Crippen LogP contribution in [0.2, 0.25) is 0 Å². The predicted octanol–water partition coefficient (Wildman–Crippen LogP) is 8.90. The number of anilines is 1. The van der Waals surface area contributed by atoms with E-state index in [1.807, 2.05) is 30.3 Å². The first kappa shape index (κ1) is 53.8. The van der Waals surface area contributed by atoms with Crippen LogP contribution in [-0.2, 0) is 19.4 Å². The smallest absolute Gasteiger partial charge is 0.259 e. The van der Waals surface area contributed by atoms with Gasteiger partial charge in [-0.1, -0.05) is 81.3 Å². The van der Waals surface area contributed by atoms with Crippen LogP contribution in [0.5, 0.6) is 11.5 Å². The lowest BCUT2D eigenvalue weighted by molar-refractivity contribution is -0.0000252. The van der Waals surface area contributed by atoms with Gasteiger partial charge in [-0.15, -0.1) is 11.3 Å². The molecule has 0 bridgehead atoms. The second-order valence-corrected chi connectivity index (χ2v) is 19.5. The lowest BCUT2D eigenvalue weighted by Gasteiger charge is -2.37. The van der Waals surface area contributed by atoms with Gasteiger partial charge in [-0.05, 0) is 92.9 Å². The van der Waals surface area contributed by atoms with Crippen molar-refractivity contribution < 1.29 is 47.2 Å². The number of methoxy groups -OCH3 is 2. The normalized spacial score (nSPS) is 12.1. The first-order valence-corrected chi connectivity index (χ1v) is 25.5. The van der Waals surface area contributed by atoms with E-state index >= 15 is 0 Å². The third kappa shape index (κ3) is 14.0. The van der Waals surface area contributed by atoms with Crippen molar-refractivity contribution in [2.45, 2.75) is 91.3 Å². The molecule has 0 saturated carbocycles. The molecule has 0 radical (unpaired) electrons. The van der Waals surface area contributed by atoms with Crippen molar-refractivity contribution in [3.8, 4) is 28.1 Å². The summed E-state index contributed by atoms with van der Waals surface area (Å²) in [5.74, 6) is 1.54. The van der Waals surface area contributed by atoms with Gasteiger partial charge in [0, 0.05) is 55.8 Å². The van der Waals surface area contributed by atoms with Gasteiger partial charge in [-0.25, -0.2) is 14.2 Å². The Hall–Kier alpha value is -4.19. The Labute approximate surface area is 421 Å². The number of hydrogen-bond acceptors (Lipinski definition) is 10. The Morgan fingerprint density at radius 3 is 1.87 bits per heavy atom. The Bertz CT molecular complexity index is 2420. The van der Waals surface area contributed by atoms with Gasteiger partial charge in [0.25, 0.3) is 8.53 Å². The average Bonchev–Trinajstić information content (AvgIpc) is 3.34. The maximum absolute atomic E-state index is 9.34. The summed E-state index contributed by atoms with van der Waals surface area (Å²) in [7, 11) is 1.95. The van der Waals surface area contributed by atoms with Gasteiger partial charge in [-0.3, -0.25) is 0 Å². The molecule has 0 fully saturated rings. The maximum atomic E-state index is 9.34. The van der Waals surface area contributed by atoms with Gasteiger partial charge in [0.2, 0.25) is 5.36 Å². The quantitative estimate of drug-likeness (QED) is 0.0132. The molecule has 0 N–H and O–H groups in total. The molecule has 4 aromatic rings. The lowest BCUT2D eigenvalue weighted by atomic mass is 9.80. The van der Waals surface area contributed by atoms with Gasteiger partial charge in [-0.2, -0.15) is 5.26 Å². The second-order valence-electron chi connectivity index (χ2n) is 16.9. The minimum Gasteiger partial charge on any atom is -1.00 e. The Morgan fingerprint density at radius 1 is 0.716 bits per heavy atom. The minimum absolute atomic E-state index is 0. The summed E-state index contributed by atoms with van der Waals surface area (Å²) in [6.45, 7) is 17.5. The summed E-state index contributed by atoms with van der Waals surface area (Å²) in [6.07, 6.45) is 4.97. The van der Waals surface area contributed by atoms with Crippen LogP contribution in [0.25, 0.3) is 20.8 Å². The van der Waals surface area contributed by atoms with Crippen LogP contribution in [0.4, 0.5) is 5.69 Å². The fourth-order valence-electron chi connectivity index (χ4n) is 8.36. The highest BCUT2D eigenvalue weighted by Crippen LogP contribution is 2.46. The monoisotopic (exact) mass is 1060 g/mol. The van der Waals surface area contributed by atoms with E-state index < -0.39 is 14.1 Å². The molecular formula is C54H69IN5O5PS. The minimum atomic E-state index is -1.42. The molecule has 0 spiro atoms. The number of hydrogen-bond donors (Lipinski definition) is 0. The van der Waals surface area contributed by atoms with E-state index in [4.69, 9.17) is 28.2 Å². The van der Waals surface area contributed by atoms with E-state index in [0.717, 1.165) is 62.9 Å². The van der Waals surface area contributed by atoms with E-state index in [0.29, 0.717) is 39.3 Å². The average molecular weight is 1060 g/mol. The van der Waals surface area contributed by atoms with Crippen molar-refractivity contribution in [2.75, 3.05) is 65.1 Å². The van der Waals surface area contributed by atoms with Crippen LogP contribution in [0, 0.1) is 11.3 Å². The molecule has 0 amide bonds. The number of halogens is 1. The predicted molar refractivity (Wildman–Crippen MR) is 273 cm³/mol. The fourth-order valence-corrected chi connectivity index (χ4v) is 11.0. The molecule has 13 heteroatoms. The van der Waals surface area contributed by atoms with Gasteiger partial charge >= 0.3 is 0 Å². The molecule has 2 aliphatic rings. The summed E-state index contributed by atoms with van der Waals surface area (Å²) in [5.41, 5.74) is 5.02. The maximum Gasteiger partial charge on any atom is 0.259 e. The van der Waals surface area contributed by atoms with E-state index in [-0.39, 0.29) is 36.1 Å². The highest BCUT2D eigenvalue weighted by molar-refractivity contribution is 7.44. The van der Waals surface area contributed by atoms with E-state index in [1.54, 1.807) is 25.6 Å². The number of nitrogens with zero attached hydrogens (tertiary/aromatic N) is 5. The topological polar surface area (TPSA) is 92.3 Å². The summed E-state index contributed by atoms with van der Waals surface area (Å²) in [5, 5.41) is 10.6. The molecular weight excluding hydrogens is 989 g/mol. The van der Waals surface area contributed by atoms with Crippen LogP contribution in [-0.4, -0.2) is 82.0 Å². The molecule has 1 aliphatic carbocycles. The molecule has 1 heterocycles. The van der Waals surface area contributed by atoms with Crippen molar-refractivity contribution in [2.24, 2.45) is 0 Å². The molecule has 6 rings (SSSR count). The van der Waals surface area contributed by atoms with Crippen LogP contribution in [0.1, 0.15) is 90.3 Å². The van der Waals surface area contributed by atoms with Crippen molar-refractivity contribution in [3.63, 3.8) is 0 Å². The standard InChI is InChI=1S/C54H69N5O5PS.HI/c1-9-11-32-57(33-12-10-2)46-23-29-50-52(39-46)66-53-40-47(24-30-51(53)56-50)58(35-38-64-65(63-36-16-31-55)59(41(3)4)42(5)6)34-37-62-54(43-17-14-13-15-18-43,44-19-25-48(60-7)26-20-44)45-21-27-49(61-8)28-22-45;/h13-15,17-30,39-42H,9-12,16,32-38H2,1-8H3;1H/q+1;/p-1. The number of fused-ring (bicyclic) bond motifs is 2. The Balaban J connectivity index is 0.00000840. The number of ether oxygens (including phenoxy) is 3. The third-order valence-corrected chi connectivity index (χ3v) is 14.9. The van der Waals surface area contributed by atoms with Crippen LogP contribution >= 0.6 is 19.9 Å². The highest BCUT2D eigenvalue weighted by atomic mass is 127. The first-order chi connectivity index (χ1) is 32.1. The fraction of sp³-hybridized carbons (Fsp3) is 0.426. The largest absolute Gasteiger partial charge is 1.00 e. The van der Waals surface area contributed by atoms with E-state index in [9.17, 15) is 5.26 Å². The molecule has 0 aromatic heterocycles. The van der Waals surface area contributed by atoms with E-state index in [1.165, 1.54) is 35.9 Å². The van der Waals surface area contributed by atoms with Crippen molar-refractivity contribution >= 4 is 35.8 Å². The molecule has 1 unspecified atom stereocenters. The van der Waals surface area contributed by atoms with Crippen molar-refractivity contribution in [1.82, 2.24) is 14.2 Å². The van der Waals surface area contributed by atoms with Gasteiger partial charge in [0.1, 0.15) is 30.2 Å². The highest BCUT2D eigenvalue weighted by Gasteiger charge is 2.38. The summed E-state index contributed by atoms with van der Waals surface area (Å²) < 4.78 is 37.5. The third-order valence-electron chi connectivity index (χ3n) is 11.7. The molecule has 1 atom stereocenters. The zero-order valence-corrected chi connectivity index (χ0v) is 44.5. The summed E-state index contributed by atoms with van der Waals surface area (Å²) in [4.78, 5) is 8.68. The van der Waals surface area contributed by atoms with Gasteiger partial charge in [0.15, 0.2) is 0 Å². The molecule has 358 valence electrons. The molecule has 67 heavy (non-hydrogen) atoms. The number of benzene rings is 5. The number of nitriles is 1. The SMILES string of the molecule is CCCC[N+](CCCC)=c1ccc2nc3ccc(N(CCOP(OCCC#N)N(C(C)C)C(C)C)CCOC(c4ccccc4)(c4ccc(OC)cc4)c4ccc(OC)cc4)cc3sc-2c1.[I-]. The first-order valence-electron chi connectivity index (χ1n) is 23.5. The lowest BCUT2D eigenvalue weighted by Crippen LogP contribution is -3.00. The summed E-state index contributed by atoms with van der Waals surface area (Å²) >= 11 is 1.79. The second kappa shape index (κ2) is 27.1. The zero-order chi connectivity index (χ0) is 46.9. The van der Waals surface area contributed by atoms with Crippen molar-refractivity contribution in [3.05, 3.63) is 137 Å². The molecule has 1 aliphatic heterocycles. The molecule has 0 saturated heterocycles. The zero-order valence-electron chi connectivity index (χ0n) is 40.6. The van der Waals surface area contributed by atoms with E-state index in [2.05, 4.69) is 147 Å². The Kier molecular flexibility index (Phi) is 21.8. The van der Waals surface area contributed by atoms with Crippen LogP contribution in [0.3, 0.4) is 0 Å². The number of unbranched alkanes of at least 4 members (excludes halogenated alkanes) is 2. The van der Waals surface area contributed by atoms with Gasteiger partial charge < -0.3 is 52.1 Å². The number of aromatic nitrogens is 1. The molecule has 4 aromatic carbocycles. The van der Waals surface area contributed by atoms with Crippen LogP contribution < -0.4 is 48.3 Å².